The van der Waals surface area contributed by atoms with E-state index < -0.39 is 15.3 Å². The van der Waals surface area contributed by atoms with Crippen LogP contribution in [0.15, 0.2) is 30.9 Å². The van der Waals surface area contributed by atoms with Crippen molar-refractivity contribution in [3.05, 3.63) is 51.0 Å². The van der Waals surface area contributed by atoms with Crippen molar-refractivity contribution in [1.29, 1.82) is 0 Å². The van der Waals surface area contributed by atoms with Crippen molar-refractivity contribution < 1.29 is 26.6 Å². The first kappa shape index (κ1) is 23.1. The standard InChI is InChI=1S/C13H15Cl2N4O2.CH4O4S/c1-17-5-6-18(9-17)4-2-3-16-12-7-10(14)11(15)8-13(12)19(20)21;1-5-6(2,3)4/h5-9,16H,2-4H2,1H3;1H3,(H,2,3,4)/q+1;/p-1. The first-order chi connectivity index (χ1) is 12.5. The molecule has 0 aliphatic carbocycles. The van der Waals surface area contributed by atoms with Gasteiger partial charge in [-0.05, 0) is 6.07 Å². The Morgan fingerprint density at radius 1 is 1.33 bits per heavy atom. The number of aromatic nitrogens is 2. The van der Waals surface area contributed by atoms with Gasteiger partial charge in [0, 0.05) is 19.0 Å². The quantitative estimate of drug-likeness (QED) is 0.174. The molecule has 27 heavy (non-hydrogen) atoms. The Morgan fingerprint density at radius 2 is 1.93 bits per heavy atom. The molecule has 13 heteroatoms. The zero-order valence-electron chi connectivity index (χ0n) is 14.5. The maximum atomic E-state index is 11.0. The van der Waals surface area contributed by atoms with E-state index in [1.165, 1.54) is 12.1 Å². The van der Waals surface area contributed by atoms with E-state index in [-0.39, 0.29) is 10.7 Å². The topological polar surface area (TPSA) is 130 Å². The monoisotopic (exact) mass is 440 g/mol. The second kappa shape index (κ2) is 10.4. The Morgan fingerprint density at radius 3 is 2.41 bits per heavy atom. The lowest BCUT2D eigenvalue weighted by Gasteiger charge is -2.07. The van der Waals surface area contributed by atoms with Gasteiger partial charge in [0.1, 0.15) is 18.1 Å². The fourth-order valence-electron chi connectivity index (χ4n) is 1.95. The summed E-state index contributed by atoms with van der Waals surface area (Å²) in [5.74, 6) is 0. The maximum Gasteiger partial charge on any atom is 0.293 e. The van der Waals surface area contributed by atoms with Crippen LogP contribution in [0.25, 0.3) is 0 Å². The van der Waals surface area contributed by atoms with Gasteiger partial charge in [-0.3, -0.25) is 14.3 Å². The zero-order valence-corrected chi connectivity index (χ0v) is 16.8. The highest BCUT2D eigenvalue weighted by Crippen LogP contribution is 2.33. The maximum absolute atomic E-state index is 11.0. The van der Waals surface area contributed by atoms with Crippen LogP contribution in [0.4, 0.5) is 11.4 Å². The normalized spacial score (nSPS) is 10.9. The molecule has 0 saturated heterocycles. The van der Waals surface area contributed by atoms with Crippen LogP contribution < -0.4 is 9.88 Å². The Labute approximate surface area is 166 Å². The Bertz CT molecular complexity index is 888. The third kappa shape index (κ3) is 8.54. The molecule has 0 unspecified atom stereocenters. The predicted molar refractivity (Wildman–Crippen MR) is 98.5 cm³/mol. The summed E-state index contributed by atoms with van der Waals surface area (Å²) in [6.45, 7) is 1.42. The fraction of sp³-hybridized carbons (Fsp3) is 0.357. The fourth-order valence-corrected chi connectivity index (χ4v) is 2.27. The summed E-state index contributed by atoms with van der Waals surface area (Å²) in [7, 11) is -1.65. The second-order valence-corrected chi connectivity index (χ2v) is 7.18. The van der Waals surface area contributed by atoms with Crippen molar-refractivity contribution in [2.24, 2.45) is 7.05 Å². The Kier molecular flexibility index (Phi) is 8.93. The molecule has 1 aromatic heterocycles. The van der Waals surface area contributed by atoms with E-state index in [1.54, 1.807) is 0 Å². The van der Waals surface area contributed by atoms with Gasteiger partial charge in [-0.2, -0.15) is 0 Å². The highest BCUT2D eigenvalue weighted by atomic mass is 35.5. The summed E-state index contributed by atoms with van der Waals surface area (Å²) in [5.41, 5.74) is 0.309. The number of nitrogens with one attached hydrogen (secondary N) is 1. The molecule has 150 valence electrons. The second-order valence-electron chi connectivity index (χ2n) is 5.21. The van der Waals surface area contributed by atoms with Crippen LogP contribution in [0.5, 0.6) is 0 Å². The zero-order chi connectivity index (χ0) is 20.6. The summed E-state index contributed by atoms with van der Waals surface area (Å²) in [6.07, 6.45) is 6.73. The molecule has 0 aliphatic rings. The largest absolute Gasteiger partial charge is 0.726 e. The number of rotatable bonds is 7. The van der Waals surface area contributed by atoms with Gasteiger partial charge in [-0.1, -0.05) is 23.2 Å². The molecule has 0 aliphatic heterocycles. The van der Waals surface area contributed by atoms with Crippen molar-refractivity contribution in [2.75, 3.05) is 19.0 Å². The van der Waals surface area contributed by atoms with Gasteiger partial charge in [0.2, 0.25) is 16.7 Å². The van der Waals surface area contributed by atoms with Crippen molar-refractivity contribution in [3.63, 3.8) is 0 Å². The minimum absolute atomic E-state index is 0.0724. The number of nitro groups is 1. The molecule has 0 radical (unpaired) electrons. The molecule has 2 rings (SSSR count). The highest BCUT2D eigenvalue weighted by molar-refractivity contribution is 7.80. The molecular formula is C14H18Cl2N4O6S. The molecule has 1 N–H and O–H groups in total. The number of nitrogens with zero attached hydrogens (tertiary/aromatic N) is 3. The number of benzene rings is 1. The average molecular weight is 441 g/mol. The van der Waals surface area contributed by atoms with E-state index in [4.69, 9.17) is 23.2 Å². The smallest absolute Gasteiger partial charge is 0.293 e. The number of imidazole rings is 1. The lowest BCUT2D eigenvalue weighted by atomic mass is 10.2. The molecule has 0 saturated carbocycles. The van der Waals surface area contributed by atoms with E-state index in [9.17, 15) is 23.1 Å². The van der Waals surface area contributed by atoms with Gasteiger partial charge < -0.3 is 9.87 Å². The molecule has 1 aromatic carbocycles. The molecule has 0 atom stereocenters. The van der Waals surface area contributed by atoms with Crippen LogP contribution in [0.1, 0.15) is 6.42 Å². The molecule has 0 bridgehead atoms. The summed E-state index contributed by atoms with van der Waals surface area (Å²) >= 11 is 11.7. The van der Waals surface area contributed by atoms with Gasteiger partial charge in [0.05, 0.1) is 35.7 Å². The van der Waals surface area contributed by atoms with Gasteiger partial charge >= 0.3 is 0 Å². The van der Waals surface area contributed by atoms with Crippen LogP contribution in [-0.4, -0.2) is 36.1 Å². The van der Waals surface area contributed by atoms with Crippen molar-refractivity contribution in [1.82, 2.24) is 4.57 Å². The van der Waals surface area contributed by atoms with E-state index >= 15 is 0 Å². The minimum atomic E-state index is -4.41. The van der Waals surface area contributed by atoms with Crippen LogP contribution >= 0.6 is 23.2 Å². The molecular weight excluding hydrogens is 423 g/mol. The summed E-state index contributed by atoms with van der Waals surface area (Å²) in [6, 6.07) is 2.75. The average Bonchev–Trinajstić information content (AvgIpc) is 2.99. The number of nitro benzene ring substituents is 1. The molecule has 10 nitrogen and oxygen atoms in total. The van der Waals surface area contributed by atoms with Gasteiger partial charge in [0.25, 0.3) is 5.69 Å². The van der Waals surface area contributed by atoms with Crippen LogP contribution in [0.2, 0.25) is 10.0 Å². The molecule has 2 aromatic rings. The van der Waals surface area contributed by atoms with E-state index in [0.717, 1.165) is 20.1 Å². The molecule has 0 amide bonds. The van der Waals surface area contributed by atoms with Crippen molar-refractivity contribution in [3.8, 4) is 0 Å². The Balaban J connectivity index is 0.000000527. The first-order valence-electron chi connectivity index (χ1n) is 7.43. The first-order valence-corrected chi connectivity index (χ1v) is 9.52. The highest BCUT2D eigenvalue weighted by Gasteiger charge is 2.16. The van der Waals surface area contributed by atoms with Gasteiger partial charge in [-0.25, -0.2) is 17.6 Å². The SMILES string of the molecule is COS(=O)(=O)[O-].C[n+]1ccn(CCCNc2cc(Cl)c(Cl)cc2[N+](=O)[O-])c1. The van der Waals surface area contributed by atoms with Crippen molar-refractivity contribution >= 4 is 45.0 Å². The molecule has 0 fully saturated rings. The van der Waals surface area contributed by atoms with Crippen LogP contribution in [0, 0.1) is 10.1 Å². The number of aryl methyl sites for hydroxylation is 2. The number of hydrogen-bond acceptors (Lipinski definition) is 7. The van der Waals surface area contributed by atoms with Crippen LogP contribution in [0.3, 0.4) is 0 Å². The van der Waals surface area contributed by atoms with Crippen molar-refractivity contribution in [2.45, 2.75) is 13.0 Å². The van der Waals surface area contributed by atoms with E-state index in [1.807, 2.05) is 34.9 Å². The molecule has 0 spiro atoms. The lowest BCUT2D eigenvalue weighted by Crippen LogP contribution is -2.23. The number of halogens is 2. The molecule has 1 heterocycles. The number of anilines is 1. The third-order valence-electron chi connectivity index (χ3n) is 3.17. The van der Waals surface area contributed by atoms with Gasteiger partial charge in [-0.15, -0.1) is 0 Å². The van der Waals surface area contributed by atoms with E-state index in [0.29, 0.717) is 17.3 Å². The van der Waals surface area contributed by atoms with Crippen LogP contribution in [-0.2, 0) is 28.2 Å². The summed E-state index contributed by atoms with van der Waals surface area (Å²) in [4.78, 5) is 10.5. The Hall–Kier alpha value is -1.92. The summed E-state index contributed by atoms with van der Waals surface area (Å²) < 4.78 is 35.0. The van der Waals surface area contributed by atoms with E-state index in [2.05, 4.69) is 9.50 Å². The van der Waals surface area contributed by atoms with Gasteiger partial charge in [0.15, 0.2) is 0 Å². The third-order valence-corrected chi connectivity index (χ3v) is 4.30. The summed E-state index contributed by atoms with van der Waals surface area (Å²) in [5, 5.41) is 14.5. The number of hydrogen-bond donors (Lipinski definition) is 1. The minimum Gasteiger partial charge on any atom is -0.726 e. The predicted octanol–water partition coefficient (Wildman–Crippen LogP) is 2.12. The lowest BCUT2D eigenvalue weighted by molar-refractivity contribution is -0.671.